The first-order valence-electron chi connectivity index (χ1n) is 3.70. The Bertz CT molecular complexity index is 377. The first-order chi connectivity index (χ1) is 6.36. The molecule has 0 fully saturated rings. The van der Waals surface area contributed by atoms with Gasteiger partial charge in [0.2, 0.25) is 0 Å². The summed E-state index contributed by atoms with van der Waals surface area (Å²) in [6.07, 6.45) is 7.23. The summed E-state index contributed by atoms with van der Waals surface area (Å²) in [5.74, 6) is 0. The first kappa shape index (κ1) is 7.60. The molecule has 0 radical (unpaired) electrons. The third-order valence-corrected chi connectivity index (χ3v) is 1.48. The monoisotopic (exact) mass is 177 g/mol. The van der Waals surface area contributed by atoms with Crippen molar-refractivity contribution in [2.24, 2.45) is 0 Å². The number of hydrogen-bond donors (Lipinski definition) is 0. The lowest BCUT2D eigenvalue weighted by Gasteiger charge is -2.02. The van der Waals surface area contributed by atoms with Gasteiger partial charge in [-0.15, -0.1) is 0 Å². The maximum Gasteiger partial charge on any atom is 0.442 e. The Balaban J connectivity index is 2.08. The topological polar surface area (TPSA) is 49.1 Å². The Kier molecular flexibility index (Phi) is 1.84. The van der Waals surface area contributed by atoms with E-state index in [4.69, 9.17) is 4.84 Å². The van der Waals surface area contributed by atoms with E-state index >= 15 is 0 Å². The van der Waals surface area contributed by atoms with Gasteiger partial charge >= 0.3 is 6.09 Å². The highest BCUT2D eigenvalue weighted by Gasteiger charge is 2.04. The second kappa shape index (κ2) is 3.14. The highest BCUT2D eigenvalue weighted by atomic mass is 16.7. The molecule has 0 aliphatic carbocycles. The molecule has 2 heterocycles. The third kappa shape index (κ3) is 1.58. The number of nitrogens with zero attached hydrogens (tertiary/aromatic N) is 3. The van der Waals surface area contributed by atoms with Gasteiger partial charge in [-0.3, -0.25) is 4.57 Å². The molecule has 0 atom stereocenters. The van der Waals surface area contributed by atoms with Gasteiger partial charge in [0.15, 0.2) is 0 Å². The maximum absolute atomic E-state index is 11.3. The molecule has 0 amide bonds. The van der Waals surface area contributed by atoms with Crippen LogP contribution in [0.15, 0.2) is 43.2 Å². The van der Waals surface area contributed by atoms with Gasteiger partial charge in [0.25, 0.3) is 0 Å². The Morgan fingerprint density at radius 1 is 1.23 bits per heavy atom. The molecule has 0 spiro atoms. The maximum atomic E-state index is 11.3. The predicted octanol–water partition coefficient (Wildman–Crippen LogP) is 0.782. The minimum Gasteiger partial charge on any atom is -0.315 e. The number of carbonyl (C=O) groups excluding carboxylic acids is 1. The number of rotatable bonds is 1. The molecule has 0 saturated heterocycles. The Labute approximate surface area is 74.1 Å². The molecule has 0 aromatic carbocycles. The largest absolute Gasteiger partial charge is 0.442 e. The number of imidazole rings is 1. The van der Waals surface area contributed by atoms with Crippen LogP contribution < -0.4 is 4.84 Å². The van der Waals surface area contributed by atoms with E-state index in [-0.39, 0.29) is 0 Å². The zero-order chi connectivity index (χ0) is 9.10. The van der Waals surface area contributed by atoms with E-state index in [2.05, 4.69) is 4.98 Å². The van der Waals surface area contributed by atoms with Crippen LogP contribution in [0.4, 0.5) is 4.79 Å². The predicted molar refractivity (Wildman–Crippen MR) is 44.0 cm³/mol. The Morgan fingerprint density at radius 3 is 2.62 bits per heavy atom. The molecule has 0 aliphatic rings. The van der Waals surface area contributed by atoms with Crippen LogP contribution in [0.25, 0.3) is 0 Å². The van der Waals surface area contributed by atoms with Crippen molar-refractivity contribution < 1.29 is 9.63 Å². The van der Waals surface area contributed by atoms with Crippen LogP contribution in [0, 0.1) is 0 Å². The molecule has 0 unspecified atom stereocenters. The van der Waals surface area contributed by atoms with Gasteiger partial charge in [0, 0.05) is 18.6 Å². The zero-order valence-corrected chi connectivity index (χ0v) is 6.70. The van der Waals surface area contributed by atoms with Gasteiger partial charge in [-0.25, -0.2) is 9.78 Å². The van der Waals surface area contributed by atoms with E-state index in [1.165, 1.54) is 21.8 Å². The van der Waals surface area contributed by atoms with E-state index in [1.807, 2.05) is 0 Å². The molecule has 66 valence electrons. The Morgan fingerprint density at radius 2 is 2.00 bits per heavy atom. The summed E-state index contributed by atoms with van der Waals surface area (Å²) < 4.78 is 2.57. The van der Waals surface area contributed by atoms with E-state index in [1.54, 1.807) is 30.7 Å². The number of aromatic nitrogens is 3. The lowest BCUT2D eigenvalue weighted by molar-refractivity contribution is 0.134. The van der Waals surface area contributed by atoms with Crippen molar-refractivity contribution in [2.45, 2.75) is 0 Å². The molecule has 2 aromatic heterocycles. The van der Waals surface area contributed by atoms with Crippen molar-refractivity contribution >= 4 is 6.09 Å². The zero-order valence-electron chi connectivity index (χ0n) is 6.70. The molecular weight excluding hydrogens is 170 g/mol. The van der Waals surface area contributed by atoms with Crippen molar-refractivity contribution in [3.63, 3.8) is 0 Å². The van der Waals surface area contributed by atoms with Crippen LogP contribution in [0.5, 0.6) is 0 Å². The van der Waals surface area contributed by atoms with Crippen LogP contribution >= 0.6 is 0 Å². The van der Waals surface area contributed by atoms with Gasteiger partial charge in [-0.1, -0.05) is 0 Å². The highest BCUT2D eigenvalue weighted by Crippen LogP contribution is 1.91. The summed E-state index contributed by atoms with van der Waals surface area (Å²) in [6, 6.07) is 3.49. The van der Waals surface area contributed by atoms with Crippen LogP contribution in [-0.4, -0.2) is 20.4 Å². The molecule has 13 heavy (non-hydrogen) atoms. The van der Waals surface area contributed by atoms with Crippen molar-refractivity contribution in [3.05, 3.63) is 43.2 Å². The molecule has 0 aliphatic heterocycles. The summed E-state index contributed by atoms with van der Waals surface area (Å²) in [6.45, 7) is 0. The fraction of sp³-hybridized carbons (Fsp3) is 0. The fourth-order valence-electron chi connectivity index (χ4n) is 0.894. The SMILES string of the molecule is O=C(On1ccnc1)n1cccc1. The first-order valence-corrected chi connectivity index (χ1v) is 3.70. The molecule has 5 nitrogen and oxygen atoms in total. The van der Waals surface area contributed by atoms with Crippen molar-refractivity contribution in [2.75, 3.05) is 0 Å². The molecule has 0 bridgehead atoms. The lowest BCUT2D eigenvalue weighted by atomic mass is 10.7. The normalized spacial score (nSPS) is 9.85. The Hall–Kier alpha value is -2.04. The van der Waals surface area contributed by atoms with Crippen LogP contribution in [-0.2, 0) is 0 Å². The quantitative estimate of drug-likeness (QED) is 0.646. The van der Waals surface area contributed by atoms with Crippen molar-refractivity contribution in [3.8, 4) is 0 Å². The van der Waals surface area contributed by atoms with E-state index in [0.29, 0.717) is 0 Å². The molecular formula is C8H7N3O2. The fourth-order valence-corrected chi connectivity index (χ4v) is 0.894. The van der Waals surface area contributed by atoms with Gasteiger partial charge in [-0.2, -0.15) is 4.73 Å². The smallest absolute Gasteiger partial charge is 0.315 e. The van der Waals surface area contributed by atoms with Crippen LogP contribution in [0.3, 0.4) is 0 Å². The van der Waals surface area contributed by atoms with Crippen molar-refractivity contribution in [1.82, 2.24) is 14.3 Å². The second-order valence-corrected chi connectivity index (χ2v) is 2.37. The minimum atomic E-state index is -0.469. The highest BCUT2D eigenvalue weighted by molar-refractivity contribution is 5.70. The summed E-state index contributed by atoms with van der Waals surface area (Å²) >= 11 is 0. The van der Waals surface area contributed by atoms with Crippen LogP contribution in [0.2, 0.25) is 0 Å². The average molecular weight is 177 g/mol. The van der Waals surface area contributed by atoms with E-state index < -0.39 is 6.09 Å². The van der Waals surface area contributed by atoms with Gasteiger partial charge in [0.1, 0.15) is 6.33 Å². The van der Waals surface area contributed by atoms with Crippen molar-refractivity contribution in [1.29, 1.82) is 0 Å². The second-order valence-electron chi connectivity index (χ2n) is 2.37. The third-order valence-electron chi connectivity index (χ3n) is 1.48. The standard InChI is InChI=1S/C8H7N3O2/c12-8(10-4-1-2-5-10)13-11-6-3-9-7-11/h1-7H. The van der Waals surface area contributed by atoms with E-state index in [0.717, 1.165) is 0 Å². The summed E-state index contributed by atoms with van der Waals surface area (Å²) in [7, 11) is 0. The van der Waals surface area contributed by atoms with E-state index in [9.17, 15) is 4.79 Å². The summed E-state index contributed by atoms with van der Waals surface area (Å²) in [5, 5.41) is 0. The summed E-state index contributed by atoms with van der Waals surface area (Å²) in [4.78, 5) is 19.9. The summed E-state index contributed by atoms with van der Waals surface area (Å²) in [5.41, 5.74) is 0. The molecule has 5 heteroatoms. The molecule has 2 rings (SSSR count). The average Bonchev–Trinajstić information content (AvgIpc) is 2.74. The molecule has 2 aromatic rings. The van der Waals surface area contributed by atoms with Gasteiger partial charge in [0.05, 0.1) is 6.20 Å². The number of hydrogen-bond acceptors (Lipinski definition) is 3. The van der Waals surface area contributed by atoms with Gasteiger partial charge in [-0.05, 0) is 12.1 Å². The van der Waals surface area contributed by atoms with Crippen LogP contribution in [0.1, 0.15) is 0 Å². The minimum absolute atomic E-state index is 0.469. The molecule has 0 N–H and O–H groups in total. The lowest BCUT2D eigenvalue weighted by Crippen LogP contribution is -2.22. The number of carbonyl (C=O) groups is 1. The van der Waals surface area contributed by atoms with Gasteiger partial charge < -0.3 is 4.84 Å². The molecule has 0 saturated carbocycles.